The predicted molar refractivity (Wildman–Crippen MR) is 84.1 cm³/mol. The second-order valence-electron chi connectivity index (χ2n) is 5.34. The molecule has 0 saturated carbocycles. The SMILES string of the molecule is O=C(NCCCOc1ccccc1F)[C@@H]1Cc2ccccc2O1. The Hall–Kier alpha value is -2.56. The Morgan fingerprint density at radius 3 is 2.83 bits per heavy atom. The van der Waals surface area contributed by atoms with E-state index in [0.29, 0.717) is 26.0 Å². The van der Waals surface area contributed by atoms with Crippen LogP contribution in [-0.4, -0.2) is 25.2 Å². The van der Waals surface area contributed by atoms with E-state index in [9.17, 15) is 9.18 Å². The van der Waals surface area contributed by atoms with Gasteiger partial charge in [-0.25, -0.2) is 4.39 Å². The number of benzene rings is 2. The third kappa shape index (κ3) is 3.80. The van der Waals surface area contributed by atoms with Crippen LogP contribution in [0.25, 0.3) is 0 Å². The van der Waals surface area contributed by atoms with Crippen LogP contribution in [0.2, 0.25) is 0 Å². The van der Waals surface area contributed by atoms with Crippen LogP contribution in [-0.2, 0) is 11.2 Å². The van der Waals surface area contributed by atoms with Crippen molar-refractivity contribution < 1.29 is 18.7 Å². The van der Waals surface area contributed by atoms with Crippen LogP contribution < -0.4 is 14.8 Å². The molecule has 4 nitrogen and oxygen atoms in total. The molecule has 0 saturated heterocycles. The molecule has 2 aromatic rings. The molecule has 1 amide bonds. The van der Waals surface area contributed by atoms with Crippen LogP contribution in [0.5, 0.6) is 11.5 Å². The summed E-state index contributed by atoms with van der Waals surface area (Å²) in [5, 5.41) is 2.82. The molecule has 2 aromatic carbocycles. The van der Waals surface area contributed by atoms with Gasteiger partial charge in [0.05, 0.1) is 6.61 Å². The van der Waals surface area contributed by atoms with Crippen molar-refractivity contribution in [2.24, 2.45) is 0 Å². The Balaban J connectivity index is 1.37. The lowest BCUT2D eigenvalue weighted by molar-refractivity contribution is -0.127. The van der Waals surface area contributed by atoms with Gasteiger partial charge in [-0.1, -0.05) is 30.3 Å². The van der Waals surface area contributed by atoms with Gasteiger partial charge in [0.2, 0.25) is 0 Å². The molecule has 1 N–H and O–H groups in total. The van der Waals surface area contributed by atoms with Gasteiger partial charge >= 0.3 is 0 Å². The number of para-hydroxylation sites is 2. The van der Waals surface area contributed by atoms with Crippen LogP contribution in [0.4, 0.5) is 4.39 Å². The highest BCUT2D eigenvalue weighted by molar-refractivity contribution is 5.82. The molecule has 0 bridgehead atoms. The average molecular weight is 315 g/mol. The van der Waals surface area contributed by atoms with E-state index < -0.39 is 6.10 Å². The van der Waals surface area contributed by atoms with Gasteiger partial charge in [0.15, 0.2) is 17.7 Å². The van der Waals surface area contributed by atoms with E-state index in [1.54, 1.807) is 18.2 Å². The Bertz CT molecular complexity index is 664. The zero-order valence-electron chi connectivity index (χ0n) is 12.6. The minimum atomic E-state index is -0.472. The van der Waals surface area contributed by atoms with E-state index >= 15 is 0 Å². The third-order valence-corrected chi connectivity index (χ3v) is 3.65. The summed E-state index contributed by atoms with van der Waals surface area (Å²) in [5.41, 5.74) is 1.05. The molecule has 0 aromatic heterocycles. The molecule has 1 aliphatic rings. The van der Waals surface area contributed by atoms with E-state index in [2.05, 4.69) is 5.32 Å². The Morgan fingerprint density at radius 1 is 1.22 bits per heavy atom. The lowest BCUT2D eigenvalue weighted by atomic mass is 10.1. The zero-order chi connectivity index (χ0) is 16.1. The summed E-state index contributed by atoms with van der Waals surface area (Å²) >= 11 is 0. The van der Waals surface area contributed by atoms with Crippen LogP contribution in [0, 0.1) is 5.82 Å². The highest BCUT2D eigenvalue weighted by Gasteiger charge is 2.28. The maximum absolute atomic E-state index is 13.4. The topological polar surface area (TPSA) is 47.6 Å². The van der Waals surface area contributed by atoms with Crippen LogP contribution >= 0.6 is 0 Å². The van der Waals surface area contributed by atoms with Gasteiger partial charge in [0, 0.05) is 13.0 Å². The van der Waals surface area contributed by atoms with E-state index in [-0.39, 0.29) is 17.5 Å². The molecule has 5 heteroatoms. The first-order valence-corrected chi connectivity index (χ1v) is 7.63. The summed E-state index contributed by atoms with van der Waals surface area (Å²) in [4.78, 5) is 12.1. The number of amides is 1. The van der Waals surface area contributed by atoms with Gasteiger partial charge in [-0.15, -0.1) is 0 Å². The third-order valence-electron chi connectivity index (χ3n) is 3.65. The highest BCUT2D eigenvalue weighted by atomic mass is 19.1. The number of fused-ring (bicyclic) bond motifs is 1. The first kappa shape index (κ1) is 15.3. The fraction of sp³-hybridized carbons (Fsp3) is 0.278. The number of rotatable bonds is 6. The quantitative estimate of drug-likeness (QED) is 0.834. The number of nitrogens with one attached hydrogen (secondary N) is 1. The van der Waals surface area contributed by atoms with Crippen molar-refractivity contribution in [2.45, 2.75) is 18.9 Å². The molecule has 23 heavy (non-hydrogen) atoms. The van der Waals surface area contributed by atoms with E-state index in [1.807, 2.05) is 24.3 Å². The molecule has 120 valence electrons. The monoisotopic (exact) mass is 315 g/mol. The normalized spacial score (nSPS) is 15.6. The minimum absolute atomic E-state index is 0.132. The number of carbonyl (C=O) groups excluding carboxylic acids is 1. The fourth-order valence-electron chi connectivity index (χ4n) is 2.47. The summed E-state index contributed by atoms with van der Waals surface area (Å²) in [6, 6.07) is 13.9. The lowest BCUT2D eigenvalue weighted by Gasteiger charge is -2.12. The van der Waals surface area contributed by atoms with Crippen molar-refractivity contribution >= 4 is 5.91 Å². The summed E-state index contributed by atoms with van der Waals surface area (Å²) in [6.07, 6.45) is 0.716. The van der Waals surface area contributed by atoms with Crippen molar-refractivity contribution in [1.29, 1.82) is 0 Å². The summed E-state index contributed by atoms with van der Waals surface area (Å²) < 4.78 is 24.3. The second-order valence-corrected chi connectivity index (χ2v) is 5.34. The maximum Gasteiger partial charge on any atom is 0.261 e. The molecule has 0 fully saturated rings. The van der Waals surface area contributed by atoms with Crippen LogP contribution in [0.3, 0.4) is 0 Å². The fourth-order valence-corrected chi connectivity index (χ4v) is 2.47. The maximum atomic E-state index is 13.4. The molecule has 0 aliphatic carbocycles. The van der Waals surface area contributed by atoms with Crippen LogP contribution in [0.15, 0.2) is 48.5 Å². The number of hydrogen-bond acceptors (Lipinski definition) is 3. The molecule has 0 spiro atoms. The summed E-state index contributed by atoms with van der Waals surface area (Å²) in [6.45, 7) is 0.802. The number of ether oxygens (including phenoxy) is 2. The van der Waals surface area contributed by atoms with Gasteiger partial charge in [0.25, 0.3) is 5.91 Å². The first-order valence-electron chi connectivity index (χ1n) is 7.63. The molecule has 3 rings (SSSR count). The number of halogens is 1. The highest BCUT2D eigenvalue weighted by Crippen LogP contribution is 2.28. The van der Waals surface area contributed by atoms with Crippen molar-refractivity contribution in [3.05, 3.63) is 59.9 Å². The average Bonchev–Trinajstić information content (AvgIpc) is 3.00. The summed E-state index contributed by atoms with van der Waals surface area (Å²) in [5.74, 6) is 0.490. The largest absolute Gasteiger partial charge is 0.490 e. The van der Waals surface area contributed by atoms with Gasteiger partial charge < -0.3 is 14.8 Å². The summed E-state index contributed by atoms with van der Waals surface area (Å²) in [7, 11) is 0. The van der Waals surface area contributed by atoms with E-state index in [1.165, 1.54) is 6.07 Å². The second kappa shape index (κ2) is 7.13. The molecule has 1 aliphatic heterocycles. The predicted octanol–water partition coefficient (Wildman–Crippen LogP) is 2.71. The Morgan fingerprint density at radius 2 is 2.00 bits per heavy atom. The van der Waals surface area contributed by atoms with Crippen molar-refractivity contribution in [2.75, 3.05) is 13.2 Å². The lowest BCUT2D eigenvalue weighted by Crippen LogP contribution is -2.38. The minimum Gasteiger partial charge on any atom is -0.490 e. The number of carbonyl (C=O) groups is 1. The molecule has 0 radical (unpaired) electrons. The number of hydrogen-bond donors (Lipinski definition) is 1. The Kier molecular flexibility index (Phi) is 4.76. The van der Waals surface area contributed by atoms with Crippen molar-refractivity contribution in [3.8, 4) is 11.5 Å². The smallest absolute Gasteiger partial charge is 0.261 e. The zero-order valence-corrected chi connectivity index (χ0v) is 12.6. The first-order chi connectivity index (χ1) is 11.2. The van der Waals surface area contributed by atoms with E-state index in [0.717, 1.165) is 11.3 Å². The molecular weight excluding hydrogens is 297 g/mol. The van der Waals surface area contributed by atoms with Crippen LogP contribution in [0.1, 0.15) is 12.0 Å². The van der Waals surface area contributed by atoms with Gasteiger partial charge in [-0.3, -0.25) is 4.79 Å². The van der Waals surface area contributed by atoms with Crippen molar-refractivity contribution in [3.63, 3.8) is 0 Å². The molecular formula is C18H18FNO3. The molecule has 0 unspecified atom stereocenters. The Labute approximate surface area is 134 Å². The van der Waals surface area contributed by atoms with Gasteiger partial charge in [0.1, 0.15) is 5.75 Å². The van der Waals surface area contributed by atoms with Crippen molar-refractivity contribution in [1.82, 2.24) is 5.32 Å². The standard InChI is InChI=1S/C18H18FNO3/c19-14-7-2-4-9-16(14)22-11-5-10-20-18(21)17-12-13-6-1-3-8-15(13)23-17/h1-4,6-9,17H,5,10-12H2,(H,20,21)/t17-/m0/s1. The van der Waals surface area contributed by atoms with E-state index in [4.69, 9.17) is 9.47 Å². The molecule has 1 atom stereocenters. The van der Waals surface area contributed by atoms with Gasteiger partial charge in [-0.2, -0.15) is 0 Å². The van der Waals surface area contributed by atoms with Gasteiger partial charge in [-0.05, 0) is 30.2 Å². The molecule has 1 heterocycles.